The number of hydrogen-bond acceptors (Lipinski definition) is 6. The number of anilines is 1. The van der Waals surface area contributed by atoms with E-state index in [-0.39, 0.29) is 23.1 Å². The van der Waals surface area contributed by atoms with Crippen LogP contribution in [0, 0.1) is 5.92 Å². The number of rotatable bonds is 5. The number of nitrogens with zero attached hydrogens (tertiary/aromatic N) is 3. The monoisotopic (exact) mass is 333 g/mol. The Morgan fingerprint density at radius 3 is 2.62 bits per heavy atom. The van der Waals surface area contributed by atoms with Gasteiger partial charge in [0.05, 0.1) is 19.8 Å². The van der Waals surface area contributed by atoms with Gasteiger partial charge >= 0.3 is 0 Å². The zero-order valence-corrected chi connectivity index (χ0v) is 13.0. The molecular weight excluding hydrogens is 317 g/mol. The van der Waals surface area contributed by atoms with Crippen LogP contribution >= 0.6 is 23.2 Å². The Kier molecular flexibility index (Phi) is 4.69. The van der Waals surface area contributed by atoms with E-state index in [9.17, 15) is 5.11 Å². The molecule has 1 aliphatic heterocycles. The van der Waals surface area contributed by atoms with Crippen molar-refractivity contribution in [3.63, 3.8) is 0 Å². The lowest BCUT2D eigenvalue weighted by Gasteiger charge is -2.30. The van der Waals surface area contributed by atoms with E-state index in [0.717, 1.165) is 12.8 Å². The van der Waals surface area contributed by atoms with Crippen LogP contribution in [0.15, 0.2) is 0 Å². The standard InChI is InChI=1S/C13H17Cl2N3O3/c14-11-10(21-9(7-19)8-1-2-8)12(17-13(15)16-11)18-3-5-20-6-4-18/h8-9,19H,1-7H2/t9-/m0/s1. The first-order valence-corrected chi connectivity index (χ1v) is 7.78. The molecule has 8 heteroatoms. The molecule has 1 aromatic rings. The Labute approximate surface area is 133 Å². The summed E-state index contributed by atoms with van der Waals surface area (Å²) in [5, 5.41) is 9.74. The fourth-order valence-electron chi connectivity index (χ4n) is 2.38. The Balaban J connectivity index is 1.89. The van der Waals surface area contributed by atoms with Crippen molar-refractivity contribution in [2.45, 2.75) is 18.9 Å². The number of halogens is 2. The molecule has 1 aromatic heterocycles. The van der Waals surface area contributed by atoms with Crippen molar-refractivity contribution in [2.75, 3.05) is 37.8 Å². The maximum atomic E-state index is 9.48. The van der Waals surface area contributed by atoms with Gasteiger partial charge in [0, 0.05) is 13.1 Å². The number of aliphatic hydroxyl groups is 1. The summed E-state index contributed by atoms with van der Waals surface area (Å²) in [6.45, 7) is 2.56. The second kappa shape index (κ2) is 6.52. The third kappa shape index (κ3) is 3.51. The highest BCUT2D eigenvalue weighted by molar-refractivity contribution is 6.33. The summed E-state index contributed by atoms with van der Waals surface area (Å²) in [6, 6.07) is 0. The molecule has 1 aliphatic carbocycles. The highest BCUT2D eigenvalue weighted by Crippen LogP contribution is 2.40. The minimum absolute atomic E-state index is 0.0494. The molecule has 0 unspecified atom stereocenters. The van der Waals surface area contributed by atoms with Gasteiger partial charge in [0.25, 0.3) is 0 Å². The molecule has 0 spiro atoms. The van der Waals surface area contributed by atoms with Crippen LogP contribution in [0.3, 0.4) is 0 Å². The lowest BCUT2D eigenvalue weighted by Crippen LogP contribution is -2.37. The van der Waals surface area contributed by atoms with E-state index >= 15 is 0 Å². The third-order valence-electron chi connectivity index (χ3n) is 3.69. The fourth-order valence-corrected chi connectivity index (χ4v) is 2.80. The molecule has 2 fully saturated rings. The SMILES string of the molecule is OC[C@H](Oc1c(Cl)nc(Cl)nc1N1CCOCC1)C1CC1. The van der Waals surface area contributed by atoms with Gasteiger partial charge in [-0.1, -0.05) is 11.6 Å². The van der Waals surface area contributed by atoms with Crippen molar-refractivity contribution in [1.29, 1.82) is 0 Å². The fraction of sp³-hybridized carbons (Fsp3) is 0.692. The average molecular weight is 334 g/mol. The van der Waals surface area contributed by atoms with Gasteiger partial charge < -0.3 is 19.5 Å². The van der Waals surface area contributed by atoms with Crippen LogP contribution in [0.1, 0.15) is 12.8 Å². The quantitative estimate of drug-likeness (QED) is 0.654. The molecule has 116 valence electrons. The van der Waals surface area contributed by atoms with Crippen LogP contribution in [-0.2, 0) is 4.74 Å². The molecule has 1 atom stereocenters. The zero-order valence-electron chi connectivity index (χ0n) is 11.5. The molecule has 1 saturated carbocycles. The second-order valence-electron chi connectivity index (χ2n) is 5.21. The van der Waals surface area contributed by atoms with E-state index in [1.807, 2.05) is 4.90 Å². The van der Waals surface area contributed by atoms with E-state index in [2.05, 4.69) is 9.97 Å². The van der Waals surface area contributed by atoms with Crippen molar-refractivity contribution < 1.29 is 14.6 Å². The minimum Gasteiger partial charge on any atom is -0.481 e. The molecule has 1 N–H and O–H groups in total. The summed E-state index contributed by atoms with van der Waals surface area (Å²) in [6.07, 6.45) is 1.85. The summed E-state index contributed by atoms with van der Waals surface area (Å²) >= 11 is 12.1. The van der Waals surface area contributed by atoms with Crippen molar-refractivity contribution in [3.8, 4) is 5.75 Å². The molecule has 1 saturated heterocycles. The van der Waals surface area contributed by atoms with Gasteiger partial charge in [-0.25, -0.2) is 4.98 Å². The molecule has 2 heterocycles. The lowest BCUT2D eigenvalue weighted by atomic mass is 10.2. The maximum Gasteiger partial charge on any atom is 0.226 e. The Bertz CT molecular complexity index is 508. The van der Waals surface area contributed by atoms with Crippen molar-refractivity contribution in [3.05, 3.63) is 10.4 Å². The zero-order chi connectivity index (χ0) is 14.8. The first-order valence-electron chi connectivity index (χ1n) is 7.02. The van der Waals surface area contributed by atoms with Crippen molar-refractivity contribution in [1.82, 2.24) is 9.97 Å². The predicted molar refractivity (Wildman–Crippen MR) is 79.3 cm³/mol. The number of morpholine rings is 1. The molecule has 0 aromatic carbocycles. The van der Waals surface area contributed by atoms with E-state index in [4.69, 9.17) is 32.7 Å². The van der Waals surface area contributed by atoms with Crippen LogP contribution in [0.5, 0.6) is 5.75 Å². The smallest absolute Gasteiger partial charge is 0.226 e. The average Bonchev–Trinajstić information content (AvgIpc) is 3.31. The van der Waals surface area contributed by atoms with Gasteiger partial charge in [-0.05, 0) is 30.4 Å². The Morgan fingerprint density at radius 1 is 1.29 bits per heavy atom. The van der Waals surface area contributed by atoms with Crippen molar-refractivity contribution >= 4 is 29.0 Å². The molecule has 3 rings (SSSR count). The molecule has 0 amide bonds. The Morgan fingerprint density at radius 2 is 2.00 bits per heavy atom. The summed E-state index contributed by atoms with van der Waals surface area (Å²) in [7, 11) is 0. The first kappa shape index (κ1) is 15.1. The van der Waals surface area contributed by atoms with Gasteiger partial charge in [-0.15, -0.1) is 0 Å². The Hall–Kier alpha value is -0.820. The van der Waals surface area contributed by atoms with Gasteiger partial charge in [-0.2, -0.15) is 4.98 Å². The van der Waals surface area contributed by atoms with Crippen LogP contribution in [0.25, 0.3) is 0 Å². The molecule has 2 aliphatic rings. The van der Waals surface area contributed by atoms with Gasteiger partial charge in [0.1, 0.15) is 6.10 Å². The van der Waals surface area contributed by atoms with Crippen LogP contribution < -0.4 is 9.64 Å². The van der Waals surface area contributed by atoms with Crippen LogP contribution in [-0.4, -0.2) is 54.1 Å². The first-order chi connectivity index (χ1) is 10.2. The topological polar surface area (TPSA) is 67.7 Å². The lowest BCUT2D eigenvalue weighted by molar-refractivity contribution is 0.0967. The van der Waals surface area contributed by atoms with Crippen molar-refractivity contribution in [2.24, 2.45) is 5.92 Å². The van der Waals surface area contributed by atoms with E-state index in [1.54, 1.807) is 0 Å². The molecule has 6 nitrogen and oxygen atoms in total. The van der Waals surface area contributed by atoms with E-state index in [1.165, 1.54) is 0 Å². The largest absolute Gasteiger partial charge is 0.481 e. The predicted octanol–water partition coefficient (Wildman–Crippen LogP) is 1.77. The van der Waals surface area contributed by atoms with Gasteiger partial charge in [0.15, 0.2) is 16.7 Å². The molecule has 21 heavy (non-hydrogen) atoms. The number of ether oxygens (including phenoxy) is 2. The third-order valence-corrected chi connectivity index (χ3v) is 4.11. The van der Waals surface area contributed by atoms with Gasteiger partial charge in [-0.3, -0.25) is 0 Å². The minimum atomic E-state index is -0.271. The second-order valence-corrected chi connectivity index (χ2v) is 5.91. The number of aromatic nitrogens is 2. The van der Waals surface area contributed by atoms with Crippen LogP contribution in [0.2, 0.25) is 10.4 Å². The molecule has 0 radical (unpaired) electrons. The number of hydrogen-bond donors (Lipinski definition) is 1. The van der Waals surface area contributed by atoms with E-state index in [0.29, 0.717) is 43.8 Å². The normalized spacial score (nSPS) is 20.4. The van der Waals surface area contributed by atoms with Gasteiger partial charge in [0.2, 0.25) is 5.28 Å². The van der Waals surface area contributed by atoms with E-state index < -0.39 is 0 Å². The number of aliphatic hydroxyl groups excluding tert-OH is 1. The van der Waals surface area contributed by atoms with Crippen LogP contribution in [0.4, 0.5) is 5.82 Å². The maximum absolute atomic E-state index is 9.48. The highest BCUT2D eigenvalue weighted by Gasteiger charge is 2.34. The summed E-state index contributed by atoms with van der Waals surface area (Å²) in [5.41, 5.74) is 0. The summed E-state index contributed by atoms with van der Waals surface area (Å²) < 4.78 is 11.2. The highest BCUT2D eigenvalue weighted by atomic mass is 35.5. The molecular formula is C13H17Cl2N3O3. The summed E-state index contributed by atoms with van der Waals surface area (Å²) in [5.74, 6) is 1.34. The molecule has 0 bridgehead atoms. The summed E-state index contributed by atoms with van der Waals surface area (Å²) in [4.78, 5) is 10.2.